The molecule has 0 aromatic heterocycles. The quantitative estimate of drug-likeness (QED) is 0.104. The number of rotatable bonds is 20. The van der Waals surface area contributed by atoms with Crippen LogP contribution < -0.4 is 16.0 Å². The molecule has 0 aliphatic heterocycles. The van der Waals surface area contributed by atoms with Crippen LogP contribution in [0.1, 0.15) is 36.5 Å². The third-order valence-electron chi connectivity index (χ3n) is 6.14. The van der Waals surface area contributed by atoms with Crippen molar-refractivity contribution in [3.63, 3.8) is 0 Å². The van der Waals surface area contributed by atoms with Gasteiger partial charge in [0, 0.05) is 13.0 Å². The van der Waals surface area contributed by atoms with E-state index in [2.05, 4.69) is 29.1 Å². The monoisotopic (exact) mass is 595 g/mol. The molecule has 2 aromatic rings. The highest BCUT2D eigenvalue weighted by molar-refractivity contribution is 5.86. The summed E-state index contributed by atoms with van der Waals surface area (Å²) in [6.45, 7) is 7.84. The zero-order valence-electron chi connectivity index (χ0n) is 24.2. The minimum Gasteiger partial charge on any atom is -0.454 e. The van der Waals surface area contributed by atoms with Crippen molar-refractivity contribution in [3.8, 4) is 0 Å². The summed E-state index contributed by atoms with van der Waals surface area (Å²) >= 11 is 0. The molecular weight excluding hydrogens is 554 g/mol. The number of aliphatic hydroxyl groups is 1. The van der Waals surface area contributed by atoms with Crippen LogP contribution in [0.2, 0.25) is 0 Å². The zero-order chi connectivity index (χ0) is 31.3. The first-order valence-corrected chi connectivity index (χ1v) is 14.0. The van der Waals surface area contributed by atoms with Gasteiger partial charge in [-0.1, -0.05) is 72.8 Å². The summed E-state index contributed by atoms with van der Waals surface area (Å²) in [5.41, 5.74) is 1.42. The van der Waals surface area contributed by atoms with Crippen LogP contribution in [-0.4, -0.2) is 67.9 Å². The Balaban J connectivity index is 2.01. The van der Waals surface area contributed by atoms with Crippen LogP contribution in [0.25, 0.3) is 0 Å². The molecule has 0 unspecified atom stereocenters. The van der Waals surface area contributed by atoms with Gasteiger partial charge in [0.2, 0.25) is 11.8 Å². The first-order chi connectivity index (χ1) is 20.9. The number of amides is 3. The largest absolute Gasteiger partial charge is 0.454 e. The Morgan fingerprint density at radius 3 is 2.21 bits per heavy atom. The summed E-state index contributed by atoms with van der Waals surface area (Å²) < 4.78 is 16.1. The predicted octanol–water partition coefficient (Wildman–Crippen LogP) is 2.97. The van der Waals surface area contributed by atoms with Crippen LogP contribution >= 0.6 is 0 Å². The van der Waals surface area contributed by atoms with Gasteiger partial charge in [-0.15, -0.1) is 13.2 Å². The first-order valence-electron chi connectivity index (χ1n) is 14.0. The minimum atomic E-state index is -1.07. The predicted molar refractivity (Wildman–Crippen MR) is 160 cm³/mol. The van der Waals surface area contributed by atoms with Gasteiger partial charge in [0.25, 0.3) is 0 Å². The van der Waals surface area contributed by atoms with E-state index in [9.17, 15) is 19.2 Å². The van der Waals surface area contributed by atoms with Crippen molar-refractivity contribution in [3.05, 3.63) is 97.1 Å². The van der Waals surface area contributed by atoms with E-state index < -0.39 is 36.0 Å². The van der Waals surface area contributed by atoms with Gasteiger partial charge in [0.05, 0.1) is 32.3 Å². The molecule has 0 aliphatic rings. The number of hydrogen-bond donors (Lipinski definition) is 4. The molecule has 0 saturated carbocycles. The van der Waals surface area contributed by atoms with Crippen LogP contribution in [0.15, 0.2) is 86.0 Å². The Hall–Kier alpha value is -4.48. The highest BCUT2D eigenvalue weighted by atomic mass is 16.6. The Morgan fingerprint density at radius 1 is 0.884 bits per heavy atom. The second-order valence-electron chi connectivity index (χ2n) is 9.48. The SMILES string of the molecule is C=CC[C@@H](CC(=O)NCCOCCO)C(=O)NC[C@H](OC(=O)[C@@H](CC=C)NC(=O)OCc1ccccc1)c1ccccc1. The van der Waals surface area contributed by atoms with E-state index in [4.69, 9.17) is 19.3 Å². The highest BCUT2D eigenvalue weighted by Gasteiger charge is 2.27. The van der Waals surface area contributed by atoms with Crippen molar-refractivity contribution in [2.75, 3.05) is 32.9 Å². The van der Waals surface area contributed by atoms with E-state index in [0.29, 0.717) is 5.56 Å². The molecule has 11 nitrogen and oxygen atoms in total. The lowest BCUT2D eigenvalue weighted by Gasteiger charge is -2.24. The van der Waals surface area contributed by atoms with Crippen LogP contribution in [0.4, 0.5) is 4.79 Å². The van der Waals surface area contributed by atoms with E-state index in [1.165, 1.54) is 6.08 Å². The van der Waals surface area contributed by atoms with E-state index in [-0.39, 0.29) is 64.7 Å². The second kappa shape index (κ2) is 20.4. The number of carbonyl (C=O) groups is 4. The summed E-state index contributed by atoms with van der Waals surface area (Å²) in [6, 6.07) is 16.9. The maximum atomic E-state index is 13.2. The van der Waals surface area contributed by atoms with Crippen molar-refractivity contribution >= 4 is 23.9 Å². The average molecular weight is 596 g/mol. The van der Waals surface area contributed by atoms with Gasteiger partial charge in [0.1, 0.15) is 18.8 Å². The number of nitrogens with one attached hydrogen (secondary N) is 3. The van der Waals surface area contributed by atoms with Crippen molar-refractivity contribution in [1.82, 2.24) is 16.0 Å². The molecule has 0 heterocycles. The molecule has 3 atom stereocenters. The van der Waals surface area contributed by atoms with Crippen LogP contribution in [-0.2, 0) is 35.2 Å². The molecular formula is C32H41N3O8. The number of ether oxygens (including phenoxy) is 3. The maximum absolute atomic E-state index is 13.2. The summed E-state index contributed by atoms with van der Waals surface area (Å²) in [6.07, 6.45) is 1.63. The smallest absolute Gasteiger partial charge is 0.408 e. The first kappa shape index (κ1) is 34.7. The van der Waals surface area contributed by atoms with Gasteiger partial charge in [0.15, 0.2) is 0 Å². The Bertz CT molecular complexity index is 1160. The number of allylic oxidation sites excluding steroid dienone is 1. The maximum Gasteiger partial charge on any atom is 0.408 e. The summed E-state index contributed by atoms with van der Waals surface area (Å²) in [5.74, 6) is -2.17. The number of benzene rings is 2. The molecule has 4 N–H and O–H groups in total. The molecule has 0 saturated heterocycles. The third kappa shape index (κ3) is 13.8. The summed E-state index contributed by atoms with van der Waals surface area (Å²) in [5, 5.41) is 16.7. The molecule has 0 spiro atoms. The van der Waals surface area contributed by atoms with E-state index in [1.807, 2.05) is 30.3 Å². The molecule has 0 radical (unpaired) electrons. The van der Waals surface area contributed by atoms with Gasteiger partial charge in [-0.3, -0.25) is 9.59 Å². The standard InChI is InChI=1S/C32H41N3O8/c1-3-11-26(21-29(37)33-17-19-41-20-18-36)30(38)34-22-28(25-15-9-6-10-16-25)43-31(39)27(12-4-2)35-32(40)42-23-24-13-7-5-8-14-24/h3-10,13-16,26-28,36H,1-2,11-12,17-23H2,(H,33,37)(H,34,38)(H,35,40)/t26-,27+,28-/m0/s1. The fourth-order valence-electron chi connectivity index (χ4n) is 3.95. The lowest BCUT2D eigenvalue weighted by Crippen LogP contribution is -2.43. The van der Waals surface area contributed by atoms with Crippen LogP contribution in [0, 0.1) is 5.92 Å². The molecule has 2 aromatic carbocycles. The third-order valence-corrected chi connectivity index (χ3v) is 6.14. The Kier molecular flexibility index (Phi) is 16.5. The van der Waals surface area contributed by atoms with Gasteiger partial charge >= 0.3 is 12.1 Å². The second-order valence-corrected chi connectivity index (χ2v) is 9.48. The lowest BCUT2D eigenvalue weighted by atomic mass is 9.99. The van der Waals surface area contributed by atoms with E-state index >= 15 is 0 Å². The number of alkyl carbamates (subject to hydrolysis) is 1. The van der Waals surface area contributed by atoms with Crippen LogP contribution in [0.3, 0.4) is 0 Å². The topological polar surface area (TPSA) is 152 Å². The lowest BCUT2D eigenvalue weighted by molar-refractivity contribution is -0.152. The van der Waals surface area contributed by atoms with Crippen LogP contribution in [0.5, 0.6) is 0 Å². The fourth-order valence-corrected chi connectivity index (χ4v) is 3.95. The highest BCUT2D eigenvalue weighted by Crippen LogP contribution is 2.19. The molecule has 3 amide bonds. The van der Waals surface area contributed by atoms with Crippen molar-refractivity contribution in [1.29, 1.82) is 0 Å². The average Bonchev–Trinajstić information content (AvgIpc) is 3.02. The molecule has 232 valence electrons. The molecule has 0 bridgehead atoms. The molecule has 0 aliphatic carbocycles. The van der Waals surface area contributed by atoms with Crippen molar-refractivity contribution in [2.45, 2.75) is 38.0 Å². The number of carbonyl (C=O) groups excluding carboxylic acids is 4. The molecule has 0 fully saturated rings. The minimum absolute atomic E-state index is 0.0303. The van der Waals surface area contributed by atoms with Gasteiger partial charge in [-0.25, -0.2) is 9.59 Å². The van der Waals surface area contributed by atoms with Gasteiger partial charge in [-0.2, -0.15) is 0 Å². The van der Waals surface area contributed by atoms with Crippen molar-refractivity contribution in [2.24, 2.45) is 5.92 Å². The zero-order valence-corrected chi connectivity index (χ0v) is 24.2. The summed E-state index contributed by atoms with van der Waals surface area (Å²) in [7, 11) is 0. The van der Waals surface area contributed by atoms with Gasteiger partial charge in [-0.05, 0) is 24.0 Å². The fraction of sp³-hybridized carbons (Fsp3) is 0.375. The Labute approximate surface area is 252 Å². The van der Waals surface area contributed by atoms with E-state index in [1.54, 1.807) is 36.4 Å². The normalized spacial score (nSPS) is 12.6. The number of esters is 1. The molecule has 2 rings (SSSR count). The number of aliphatic hydroxyl groups excluding tert-OH is 1. The molecule has 43 heavy (non-hydrogen) atoms. The van der Waals surface area contributed by atoms with E-state index in [0.717, 1.165) is 5.56 Å². The Morgan fingerprint density at radius 2 is 1.56 bits per heavy atom. The molecule has 11 heteroatoms. The number of hydrogen-bond acceptors (Lipinski definition) is 8. The van der Waals surface area contributed by atoms with Crippen molar-refractivity contribution < 1.29 is 38.5 Å². The van der Waals surface area contributed by atoms with Gasteiger partial charge < -0.3 is 35.3 Å². The summed E-state index contributed by atoms with van der Waals surface area (Å²) in [4.78, 5) is 51.0.